The highest BCUT2D eigenvalue weighted by Crippen LogP contribution is 2.23. The molecule has 6 heteroatoms. The summed E-state index contributed by atoms with van der Waals surface area (Å²) in [4.78, 5) is 24.1. The zero-order chi connectivity index (χ0) is 19.5. The highest BCUT2D eigenvalue weighted by Gasteiger charge is 2.09. The Labute approximate surface area is 164 Å². The Bertz CT molecular complexity index is 747. The molecule has 0 saturated heterocycles. The molecule has 0 aliphatic rings. The van der Waals surface area contributed by atoms with Gasteiger partial charge in [-0.05, 0) is 42.7 Å². The van der Waals surface area contributed by atoms with E-state index in [1.54, 1.807) is 19.2 Å². The Hall–Kier alpha value is -2.47. The lowest BCUT2D eigenvalue weighted by Crippen LogP contribution is -2.18. The molecule has 2 aromatic rings. The first kappa shape index (κ1) is 20.8. The number of carbonyl (C=O) groups is 2. The minimum absolute atomic E-state index is 0.119. The summed E-state index contributed by atoms with van der Waals surface area (Å²) in [6.45, 7) is 2.17. The Morgan fingerprint density at radius 3 is 2.30 bits per heavy atom. The molecule has 0 aliphatic heterocycles. The van der Waals surface area contributed by atoms with Crippen molar-refractivity contribution in [3.05, 3.63) is 54.1 Å². The van der Waals surface area contributed by atoms with Crippen molar-refractivity contribution in [2.45, 2.75) is 26.2 Å². The number of hydrogen-bond donors (Lipinski definition) is 2. The van der Waals surface area contributed by atoms with E-state index in [0.29, 0.717) is 11.4 Å². The summed E-state index contributed by atoms with van der Waals surface area (Å²) in [5.74, 6) is 0.734. The van der Waals surface area contributed by atoms with Gasteiger partial charge in [0.25, 0.3) is 0 Å². The molecule has 0 bridgehead atoms. The molecule has 0 radical (unpaired) electrons. The molecule has 2 N–H and O–H groups in total. The summed E-state index contributed by atoms with van der Waals surface area (Å²) in [6.07, 6.45) is 3.39. The molecule has 0 aliphatic carbocycles. The van der Waals surface area contributed by atoms with Gasteiger partial charge in [0, 0.05) is 5.69 Å². The number of aryl methyl sites for hydroxylation is 1. The lowest BCUT2D eigenvalue weighted by atomic mass is 10.1. The number of methoxy groups -OCH3 is 1. The van der Waals surface area contributed by atoms with Crippen molar-refractivity contribution >= 4 is 35.0 Å². The molecule has 0 heterocycles. The molecule has 0 saturated carbocycles. The quantitative estimate of drug-likeness (QED) is 0.637. The van der Waals surface area contributed by atoms with Gasteiger partial charge in [0.2, 0.25) is 11.8 Å². The van der Waals surface area contributed by atoms with Crippen LogP contribution in [0.5, 0.6) is 5.75 Å². The normalized spacial score (nSPS) is 10.3. The molecule has 0 aromatic heterocycles. The molecule has 0 unspecified atom stereocenters. The summed E-state index contributed by atoms with van der Waals surface area (Å²) in [5.41, 5.74) is 2.68. The fourth-order valence-corrected chi connectivity index (χ4v) is 3.12. The van der Waals surface area contributed by atoms with Crippen LogP contribution < -0.4 is 15.4 Å². The fourth-order valence-electron chi connectivity index (χ4n) is 2.50. The van der Waals surface area contributed by atoms with E-state index in [1.165, 1.54) is 30.2 Å². The molecular weight excluding hydrogens is 360 g/mol. The maximum atomic E-state index is 12.0. The highest BCUT2D eigenvalue weighted by atomic mass is 32.2. The number of rotatable bonds is 10. The van der Waals surface area contributed by atoms with Gasteiger partial charge in [-0.25, -0.2) is 0 Å². The highest BCUT2D eigenvalue weighted by molar-refractivity contribution is 8.00. The summed E-state index contributed by atoms with van der Waals surface area (Å²) >= 11 is 1.27. The average Bonchev–Trinajstić information content (AvgIpc) is 2.68. The van der Waals surface area contributed by atoms with Crippen LogP contribution >= 0.6 is 11.8 Å². The zero-order valence-electron chi connectivity index (χ0n) is 15.8. The van der Waals surface area contributed by atoms with Gasteiger partial charge in [0.1, 0.15) is 5.75 Å². The Kier molecular flexibility index (Phi) is 8.71. The van der Waals surface area contributed by atoms with Crippen molar-refractivity contribution in [3.63, 3.8) is 0 Å². The smallest absolute Gasteiger partial charge is 0.234 e. The number of thioether (sulfide) groups is 1. The van der Waals surface area contributed by atoms with Gasteiger partial charge in [-0.1, -0.05) is 37.6 Å². The predicted molar refractivity (Wildman–Crippen MR) is 113 cm³/mol. The van der Waals surface area contributed by atoms with Crippen LogP contribution in [0.1, 0.15) is 25.3 Å². The number of carbonyl (C=O) groups excluding carboxylic acids is 2. The third kappa shape index (κ3) is 7.35. The van der Waals surface area contributed by atoms with Gasteiger partial charge in [0.05, 0.1) is 24.3 Å². The minimum Gasteiger partial charge on any atom is -0.495 e. The molecule has 0 atom stereocenters. The maximum Gasteiger partial charge on any atom is 0.234 e. The van der Waals surface area contributed by atoms with E-state index in [1.807, 2.05) is 36.4 Å². The van der Waals surface area contributed by atoms with Crippen LogP contribution in [0.2, 0.25) is 0 Å². The molecule has 27 heavy (non-hydrogen) atoms. The van der Waals surface area contributed by atoms with Crippen molar-refractivity contribution < 1.29 is 14.3 Å². The fraction of sp³-hybridized carbons (Fsp3) is 0.333. The summed E-state index contributed by atoms with van der Waals surface area (Å²) < 4.78 is 5.20. The van der Waals surface area contributed by atoms with Crippen molar-refractivity contribution in [1.82, 2.24) is 0 Å². The number of anilines is 2. The monoisotopic (exact) mass is 386 g/mol. The van der Waals surface area contributed by atoms with Crippen LogP contribution in [0, 0.1) is 0 Å². The lowest BCUT2D eigenvalue weighted by Gasteiger charge is -2.10. The second kappa shape index (κ2) is 11.3. The van der Waals surface area contributed by atoms with Gasteiger partial charge >= 0.3 is 0 Å². The van der Waals surface area contributed by atoms with Crippen LogP contribution in [0.4, 0.5) is 11.4 Å². The van der Waals surface area contributed by atoms with E-state index >= 15 is 0 Å². The molecular formula is C21H26N2O3S. The van der Waals surface area contributed by atoms with Crippen molar-refractivity contribution in [3.8, 4) is 5.75 Å². The van der Waals surface area contributed by atoms with Gasteiger partial charge < -0.3 is 15.4 Å². The lowest BCUT2D eigenvalue weighted by molar-refractivity contribution is -0.114. The molecule has 144 valence electrons. The summed E-state index contributed by atoms with van der Waals surface area (Å²) in [6, 6.07) is 15.1. The second-order valence-electron chi connectivity index (χ2n) is 6.09. The van der Waals surface area contributed by atoms with E-state index in [9.17, 15) is 9.59 Å². The van der Waals surface area contributed by atoms with E-state index in [4.69, 9.17) is 4.74 Å². The number of hydrogen-bond acceptors (Lipinski definition) is 4. The van der Waals surface area contributed by atoms with Crippen molar-refractivity contribution in [1.29, 1.82) is 0 Å². The number of benzene rings is 2. The summed E-state index contributed by atoms with van der Waals surface area (Å²) in [7, 11) is 1.56. The zero-order valence-corrected chi connectivity index (χ0v) is 16.6. The molecule has 2 rings (SSSR count). The van der Waals surface area contributed by atoms with E-state index in [0.717, 1.165) is 12.1 Å². The molecule has 0 spiro atoms. The van der Waals surface area contributed by atoms with E-state index in [2.05, 4.69) is 17.6 Å². The van der Waals surface area contributed by atoms with Crippen LogP contribution in [0.3, 0.4) is 0 Å². The Morgan fingerprint density at radius 2 is 1.63 bits per heavy atom. The maximum absolute atomic E-state index is 12.0. The Morgan fingerprint density at radius 1 is 0.963 bits per heavy atom. The van der Waals surface area contributed by atoms with Crippen LogP contribution in [-0.4, -0.2) is 30.4 Å². The number of ether oxygens (including phenoxy) is 1. The average molecular weight is 387 g/mol. The van der Waals surface area contributed by atoms with Gasteiger partial charge in [-0.2, -0.15) is 0 Å². The SMILES string of the molecule is CCCCc1ccc(NC(=O)CSCC(=O)Nc2ccccc2OC)cc1. The van der Waals surface area contributed by atoms with E-state index < -0.39 is 0 Å². The minimum atomic E-state index is -0.169. The number of nitrogens with one attached hydrogen (secondary N) is 2. The molecule has 2 amide bonds. The summed E-state index contributed by atoms with van der Waals surface area (Å²) in [5, 5.41) is 5.65. The third-order valence-electron chi connectivity index (χ3n) is 3.90. The van der Waals surface area contributed by atoms with Crippen LogP contribution in [0.25, 0.3) is 0 Å². The topological polar surface area (TPSA) is 67.4 Å². The first-order valence-electron chi connectivity index (χ1n) is 9.01. The molecule has 5 nitrogen and oxygen atoms in total. The molecule has 0 fully saturated rings. The van der Waals surface area contributed by atoms with Gasteiger partial charge in [-0.15, -0.1) is 11.8 Å². The van der Waals surface area contributed by atoms with Crippen LogP contribution in [-0.2, 0) is 16.0 Å². The predicted octanol–water partition coefficient (Wildman–Crippen LogP) is 4.35. The van der Waals surface area contributed by atoms with E-state index in [-0.39, 0.29) is 23.3 Å². The standard InChI is InChI=1S/C21H26N2O3S/c1-3-4-7-16-10-12-17(13-11-16)22-20(24)14-27-15-21(25)23-18-8-5-6-9-19(18)26-2/h5-6,8-13H,3-4,7,14-15H2,1-2H3,(H,22,24)(H,23,25). The molecule has 2 aromatic carbocycles. The van der Waals surface area contributed by atoms with Gasteiger partial charge in [-0.3, -0.25) is 9.59 Å². The third-order valence-corrected chi connectivity index (χ3v) is 4.84. The number of unbranched alkanes of at least 4 members (excludes halogenated alkanes) is 1. The van der Waals surface area contributed by atoms with Crippen molar-refractivity contribution in [2.75, 3.05) is 29.2 Å². The first-order valence-corrected chi connectivity index (χ1v) is 10.2. The van der Waals surface area contributed by atoms with Crippen molar-refractivity contribution in [2.24, 2.45) is 0 Å². The Balaban J connectivity index is 1.71. The number of amides is 2. The van der Waals surface area contributed by atoms with Gasteiger partial charge in [0.15, 0.2) is 0 Å². The van der Waals surface area contributed by atoms with Crippen LogP contribution in [0.15, 0.2) is 48.5 Å². The number of para-hydroxylation sites is 2. The second-order valence-corrected chi connectivity index (χ2v) is 7.08. The first-order chi connectivity index (χ1) is 13.1. The largest absolute Gasteiger partial charge is 0.495 e.